The number of aryl methyl sites for hydroxylation is 1. The average Bonchev–Trinajstić information content (AvgIpc) is 3.14. The molecule has 2 N–H and O–H groups in total. The van der Waals surface area contributed by atoms with Gasteiger partial charge in [0.2, 0.25) is 0 Å². The number of rotatable bonds is 9. The molecule has 0 aliphatic heterocycles. The summed E-state index contributed by atoms with van der Waals surface area (Å²) in [6.45, 7) is 3.45. The van der Waals surface area contributed by atoms with Crippen LogP contribution in [-0.2, 0) is 11.7 Å². The Balaban J connectivity index is 1.49. The van der Waals surface area contributed by atoms with Crippen LogP contribution in [-0.4, -0.2) is 29.1 Å². The van der Waals surface area contributed by atoms with Crippen molar-refractivity contribution >= 4 is 23.5 Å². The van der Waals surface area contributed by atoms with Gasteiger partial charge in [0.25, 0.3) is 11.8 Å². The molecular weight excluding hydrogens is 410 g/mol. The number of nitrogens with zero attached hydrogens (tertiary/aromatic N) is 2. The summed E-state index contributed by atoms with van der Waals surface area (Å²) in [4.78, 5) is 17.4. The molecule has 0 saturated carbocycles. The second-order valence-corrected chi connectivity index (χ2v) is 7.74. The summed E-state index contributed by atoms with van der Waals surface area (Å²) in [6, 6.07) is 12.0. The number of pyridine rings is 1. The van der Waals surface area contributed by atoms with Crippen LogP contribution in [0.2, 0.25) is 0 Å². The van der Waals surface area contributed by atoms with Crippen molar-refractivity contribution in [2.75, 3.05) is 18.4 Å². The molecule has 0 fully saturated rings. The number of nitrogens with one attached hydrogen (secondary N) is 2. The summed E-state index contributed by atoms with van der Waals surface area (Å²) >= 11 is 1.50. The molecule has 3 rings (SSSR count). The molecule has 30 heavy (non-hydrogen) atoms. The fraction of sp³-hybridized carbons (Fsp3) is 0.286. The third-order valence-electron chi connectivity index (χ3n) is 4.17. The van der Waals surface area contributed by atoms with Gasteiger partial charge in [0.1, 0.15) is 11.6 Å². The van der Waals surface area contributed by atoms with Gasteiger partial charge >= 0.3 is 0 Å². The summed E-state index contributed by atoms with van der Waals surface area (Å²) in [5.74, 6) is -1.32. The SMILES string of the molecule is Cc1cc(CSc2ccccc2C(=O)NCCNc2ccc(C(C)(F)F)cn2)on1. The van der Waals surface area contributed by atoms with Crippen molar-refractivity contribution in [1.29, 1.82) is 0 Å². The van der Waals surface area contributed by atoms with Crippen LogP contribution in [0.25, 0.3) is 0 Å². The van der Waals surface area contributed by atoms with Gasteiger partial charge in [-0.25, -0.2) is 13.8 Å². The molecule has 0 saturated heterocycles. The summed E-state index contributed by atoms with van der Waals surface area (Å²) in [7, 11) is 0. The third-order valence-corrected chi connectivity index (χ3v) is 5.26. The zero-order valence-corrected chi connectivity index (χ0v) is 17.4. The Morgan fingerprint density at radius 2 is 2.00 bits per heavy atom. The molecule has 9 heteroatoms. The van der Waals surface area contributed by atoms with Crippen molar-refractivity contribution in [3.63, 3.8) is 0 Å². The molecule has 0 atom stereocenters. The lowest BCUT2D eigenvalue weighted by Gasteiger charge is -2.12. The van der Waals surface area contributed by atoms with Crippen molar-refractivity contribution in [1.82, 2.24) is 15.5 Å². The highest BCUT2D eigenvalue weighted by Crippen LogP contribution is 2.27. The van der Waals surface area contributed by atoms with Crippen LogP contribution in [0.4, 0.5) is 14.6 Å². The number of thioether (sulfide) groups is 1. The van der Waals surface area contributed by atoms with Crippen LogP contribution in [0.3, 0.4) is 0 Å². The topological polar surface area (TPSA) is 80.0 Å². The predicted molar refractivity (Wildman–Crippen MR) is 112 cm³/mol. The molecule has 1 amide bonds. The maximum absolute atomic E-state index is 13.2. The van der Waals surface area contributed by atoms with Crippen LogP contribution in [0, 0.1) is 6.92 Å². The monoisotopic (exact) mass is 432 g/mol. The Bertz CT molecular complexity index is 987. The molecule has 0 bridgehead atoms. The van der Waals surface area contributed by atoms with E-state index in [1.165, 1.54) is 23.9 Å². The molecule has 2 aromatic heterocycles. The second-order valence-electron chi connectivity index (χ2n) is 6.72. The lowest BCUT2D eigenvalue weighted by molar-refractivity contribution is 0.0171. The fourth-order valence-corrected chi connectivity index (χ4v) is 3.56. The van der Waals surface area contributed by atoms with Crippen molar-refractivity contribution in [3.8, 4) is 0 Å². The number of alkyl halides is 2. The second kappa shape index (κ2) is 9.71. The first-order valence-electron chi connectivity index (χ1n) is 9.33. The molecule has 0 unspecified atom stereocenters. The Labute approximate surface area is 177 Å². The number of anilines is 1. The van der Waals surface area contributed by atoms with Gasteiger partial charge in [-0.05, 0) is 31.2 Å². The first-order chi connectivity index (χ1) is 14.3. The molecule has 3 aromatic rings. The maximum Gasteiger partial charge on any atom is 0.272 e. The van der Waals surface area contributed by atoms with E-state index in [0.717, 1.165) is 29.5 Å². The van der Waals surface area contributed by atoms with Crippen LogP contribution in [0.5, 0.6) is 0 Å². The molecular formula is C21H22F2N4O2S. The quantitative estimate of drug-likeness (QED) is 0.379. The summed E-state index contributed by atoms with van der Waals surface area (Å²) < 4.78 is 31.6. The summed E-state index contributed by atoms with van der Waals surface area (Å²) in [5.41, 5.74) is 1.25. The minimum absolute atomic E-state index is 0.143. The lowest BCUT2D eigenvalue weighted by Crippen LogP contribution is -2.29. The first kappa shape index (κ1) is 21.8. The van der Waals surface area contributed by atoms with Crippen LogP contribution < -0.4 is 10.6 Å². The maximum atomic E-state index is 13.2. The summed E-state index contributed by atoms with van der Waals surface area (Å²) in [5, 5.41) is 9.71. The van der Waals surface area contributed by atoms with Gasteiger partial charge in [-0.2, -0.15) is 0 Å². The predicted octanol–water partition coefficient (Wildman–Crippen LogP) is 4.62. The number of carbonyl (C=O) groups excluding carboxylic acids is 1. The number of halogens is 2. The molecule has 0 aliphatic carbocycles. The smallest absolute Gasteiger partial charge is 0.272 e. The molecule has 0 radical (unpaired) electrons. The van der Waals surface area contributed by atoms with E-state index in [2.05, 4.69) is 20.8 Å². The first-order valence-corrected chi connectivity index (χ1v) is 10.3. The van der Waals surface area contributed by atoms with Gasteiger partial charge in [-0.3, -0.25) is 4.79 Å². The van der Waals surface area contributed by atoms with E-state index in [9.17, 15) is 13.6 Å². The zero-order valence-electron chi connectivity index (χ0n) is 16.6. The van der Waals surface area contributed by atoms with Crippen LogP contribution in [0.15, 0.2) is 58.1 Å². The molecule has 1 aromatic carbocycles. The van der Waals surface area contributed by atoms with Gasteiger partial charge in [0.15, 0.2) is 0 Å². The Morgan fingerprint density at radius 3 is 2.67 bits per heavy atom. The number of hydrogen-bond acceptors (Lipinski definition) is 6. The van der Waals surface area contributed by atoms with Crippen LogP contribution in [0.1, 0.15) is 34.3 Å². The molecule has 6 nitrogen and oxygen atoms in total. The summed E-state index contributed by atoms with van der Waals surface area (Å²) in [6.07, 6.45) is 1.14. The fourth-order valence-electron chi connectivity index (χ4n) is 2.63. The highest BCUT2D eigenvalue weighted by molar-refractivity contribution is 7.98. The normalized spacial score (nSPS) is 11.3. The van der Waals surface area contributed by atoms with E-state index < -0.39 is 5.92 Å². The van der Waals surface area contributed by atoms with E-state index in [-0.39, 0.29) is 11.5 Å². The van der Waals surface area contributed by atoms with Crippen molar-refractivity contribution in [3.05, 3.63) is 71.2 Å². The lowest BCUT2D eigenvalue weighted by atomic mass is 10.2. The van der Waals surface area contributed by atoms with E-state index in [1.807, 2.05) is 31.2 Å². The third kappa shape index (κ3) is 6.03. The molecule has 0 aliphatic rings. The standard InChI is InChI=1S/C21H22F2N4O2S/c1-14-11-16(29-27-14)13-30-18-6-4-3-5-17(18)20(28)25-10-9-24-19-8-7-15(12-26-19)21(2,22)23/h3-8,11-12H,9-10,13H2,1-2H3,(H,24,26)(H,25,28). The number of aromatic nitrogens is 2. The highest BCUT2D eigenvalue weighted by Gasteiger charge is 2.24. The molecule has 2 heterocycles. The number of hydrogen-bond donors (Lipinski definition) is 2. The van der Waals surface area contributed by atoms with E-state index in [0.29, 0.717) is 30.2 Å². The van der Waals surface area contributed by atoms with E-state index in [4.69, 9.17) is 4.52 Å². The number of carbonyl (C=O) groups is 1. The van der Waals surface area contributed by atoms with Crippen molar-refractivity contribution in [2.24, 2.45) is 0 Å². The highest BCUT2D eigenvalue weighted by atomic mass is 32.2. The van der Waals surface area contributed by atoms with Crippen LogP contribution >= 0.6 is 11.8 Å². The van der Waals surface area contributed by atoms with Gasteiger partial charge in [0, 0.05) is 42.7 Å². The van der Waals surface area contributed by atoms with E-state index in [1.54, 1.807) is 6.07 Å². The Morgan fingerprint density at radius 1 is 1.20 bits per heavy atom. The Kier molecular flexibility index (Phi) is 7.04. The minimum atomic E-state index is -2.92. The number of benzene rings is 1. The van der Waals surface area contributed by atoms with Gasteiger partial charge < -0.3 is 15.2 Å². The van der Waals surface area contributed by atoms with Crippen molar-refractivity contribution in [2.45, 2.75) is 30.4 Å². The van der Waals surface area contributed by atoms with Gasteiger partial charge in [-0.15, -0.1) is 11.8 Å². The number of amides is 1. The Hall–Kier alpha value is -2.94. The van der Waals surface area contributed by atoms with Crippen molar-refractivity contribution < 1.29 is 18.1 Å². The van der Waals surface area contributed by atoms with Gasteiger partial charge in [-0.1, -0.05) is 17.3 Å². The van der Waals surface area contributed by atoms with E-state index >= 15 is 0 Å². The minimum Gasteiger partial charge on any atom is -0.368 e. The van der Waals surface area contributed by atoms with Gasteiger partial charge in [0.05, 0.1) is 17.0 Å². The molecule has 0 spiro atoms. The molecule has 158 valence electrons. The largest absolute Gasteiger partial charge is 0.368 e. The zero-order chi connectivity index (χ0) is 21.6. The average molecular weight is 432 g/mol.